The average Bonchev–Trinajstić information content (AvgIpc) is 2.66. The van der Waals surface area contributed by atoms with Crippen LogP contribution >= 0.6 is 0 Å². The SMILES string of the molecule is CC1=C(C(=O)OCc2ccccc2)C(c2ccc(C(F)(F)F)cc2)CC(=O)N1. The van der Waals surface area contributed by atoms with Gasteiger partial charge in [-0.3, -0.25) is 4.79 Å². The molecule has 1 amide bonds. The van der Waals surface area contributed by atoms with Crippen molar-refractivity contribution < 1.29 is 27.5 Å². The summed E-state index contributed by atoms with van der Waals surface area (Å²) in [5.41, 5.74) is 1.06. The van der Waals surface area contributed by atoms with Crippen molar-refractivity contribution in [3.05, 3.63) is 82.6 Å². The van der Waals surface area contributed by atoms with Crippen molar-refractivity contribution in [1.29, 1.82) is 0 Å². The molecule has 7 heteroatoms. The van der Waals surface area contributed by atoms with Crippen LogP contribution in [0.5, 0.6) is 0 Å². The number of esters is 1. The van der Waals surface area contributed by atoms with Gasteiger partial charge >= 0.3 is 12.1 Å². The van der Waals surface area contributed by atoms with Crippen molar-refractivity contribution in [1.82, 2.24) is 5.32 Å². The van der Waals surface area contributed by atoms with Gasteiger partial charge in [0, 0.05) is 18.0 Å². The first-order chi connectivity index (χ1) is 13.3. The maximum absolute atomic E-state index is 12.8. The number of carbonyl (C=O) groups excluding carboxylic acids is 2. The van der Waals surface area contributed by atoms with Crippen LogP contribution in [0, 0.1) is 0 Å². The van der Waals surface area contributed by atoms with Gasteiger partial charge in [0.15, 0.2) is 0 Å². The quantitative estimate of drug-likeness (QED) is 0.792. The van der Waals surface area contributed by atoms with Gasteiger partial charge in [0.2, 0.25) is 5.91 Å². The summed E-state index contributed by atoms with van der Waals surface area (Å²) in [6.07, 6.45) is -4.50. The molecule has 3 rings (SSSR count). The lowest BCUT2D eigenvalue weighted by molar-refractivity contribution is -0.141. The molecular weight excluding hydrogens is 371 g/mol. The molecule has 0 aliphatic carbocycles. The number of hydrogen-bond acceptors (Lipinski definition) is 3. The lowest BCUT2D eigenvalue weighted by Crippen LogP contribution is -2.34. The number of carbonyl (C=O) groups is 2. The average molecular weight is 389 g/mol. The molecule has 0 bridgehead atoms. The number of alkyl halides is 3. The lowest BCUT2D eigenvalue weighted by Gasteiger charge is -2.26. The Hall–Kier alpha value is -3.09. The van der Waals surface area contributed by atoms with Crippen molar-refractivity contribution in [3.63, 3.8) is 0 Å². The molecule has 4 nitrogen and oxygen atoms in total. The van der Waals surface area contributed by atoms with E-state index in [1.807, 2.05) is 30.3 Å². The normalized spacial score (nSPS) is 17.3. The van der Waals surface area contributed by atoms with E-state index in [1.54, 1.807) is 6.92 Å². The van der Waals surface area contributed by atoms with Crippen LogP contribution in [0.3, 0.4) is 0 Å². The Bertz CT molecular complexity index is 903. The lowest BCUT2D eigenvalue weighted by atomic mass is 9.84. The van der Waals surface area contributed by atoms with Gasteiger partial charge in [-0.1, -0.05) is 42.5 Å². The van der Waals surface area contributed by atoms with Crippen LogP contribution in [0.2, 0.25) is 0 Å². The molecule has 1 unspecified atom stereocenters. The zero-order chi connectivity index (χ0) is 20.3. The van der Waals surface area contributed by atoms with Gasteiger partial charge in [-0.25, -0.2) is 4.79 Å². The van der Waals surface area contributed by atoms with Crippen LogP contribution in [-0.2, 0) is 27.1 Å². The maximum atomic E-state index is 12.8. The minimum atomic E-state index is -4.45. The summed E-state index contributed by atoms with van der Waals surface area (Å²) in [4.78, 5) is 24.6. The van der Waals surface area contributed by atoms with Gasteiger partial charge in [-0.15, -0.1) is 0 Å². The molecular formula is C21H18F3NO3. The third-order valence-corrected chi connectivity index (χ3v) is 4.54. The molecule has 0 spiro atoms. The van der Waals surface area contributed by atoms with E-state index < -0.39 is 23.6 Å². The molecule has 0 saturated carbocycles. The Labute approximate surface area is 160 Å². The predicted octanol–water partition coefficient (Wildman–Crippen LogP) is 4.33. The van der Waals surface area contributed by atoms with E-state index in [2.05, 4.69) is 5.32 Å². The Kier molecular flexibility index (Phi) is 5.53. The molecule has 146 valence electrons. The highest BCUT2D eigenvalue weighted by Crippen LogP contribution is 2.36. The van der Waals surface area contributed by atoms with E-state index in [0.717, 1.165) is 17.7 Å². The Morgan fingerprint density at radius 2 is 1.75 bits per heavy atom. The molecule has 1 aliphatic rings. The Balaban J connectivity index is 1.85. The number of ether oxygens (including phenoxy) is 1. The monoisotopic (exact) mass is 389 g/mol. The van der Waals surface area contributed by atoms with Crippen molar-refractivity contribution >= 4 is 11.9 Å². The van der Waals surface area contributed by atoms with Gasteiger partial charge in [0.1, 0.15) is 6.61 Å². The molecule has 28 heavy (non-hydrogen) atoms. The first-order valence-corrected chi connectivity index (χ1v) is 8.64. The highest BCUT2D eigenvalue weighted by atomic mass is 19.4. The molecule has 2 aromatic carbocycles. The summed E-state index contributed by atoms with van der Waals surface area (Å²) in [5.74, 6) is -1.58. The molecule has 0 fully saturated rings. The van der Waals surface area contributed by atoms with E-state index >= 15 is 0 Å². The molecule has 0 saturated heterocycles. The van der Waals surface area contributed by atoms with Gasteiger partial charge in [-0.05, 0) is 30.2 Å². The van der Waals surface area contributed by atoms with E-state index in [4.69, 9.17) is 4.74 Å². The Morgan fingerprint density at radius 1 is 1.11 bits per heavy atom. The number of rotatable bonds is 4. The summed E-state index contributed by atoms with van der Waals surface area (Å²) in [6.45, 7) is 1.64. The number of benzene rings is 2. The highest BCUT2D eigenvalue weighted by molar-refractivity contribution is 5.95. The fourth-order valence-electron chi connectivity index (χ4n) is 3.16. The van der Waals surface area contributed by atoms with Crippen LogP contribution in [0.15, 0.2) is 65.9 Å². The van der Waals surface area contributed by atoms with Crippen LogP contribution in [0.1, 0.15) is 36.0 Å². The molecule has 2 aromatic rings. The molecule has 1 N–H and O–H groups in total. The second-order valence-corrected chi connectivity index (χ2v) is 6.53. The van der Waals surface area contributed by atoms with Crippen LogP contribution < -0.4 is 5.32 Å². The summed E-state index contributed by atoms with van der Waals surface area (Å²) in [7, 11) is 0. The van der Waals surface area contributed by atoms with Crippen molar-refractivity contribution in [2.24, 2.45) is 0 Å². The van der Waals surface area contributed by atoms with Gasteiger partial charge in [0.05, 0.1) is 11.1 Å². The number of hydrogen-bond donors (Lipinski definition) is 1. The fraction of sp³-hybridized carbons (Fsp3) is 0.238. The minimum Gasteiger partial charge on any atom is -0.457 e. The van der Waals surface area contributed by atoms with Crippen molar-refractivity contribution in [2.75, 3.05) is 0 Å². The zero-order valence-electron chi connectivity index (χ0n) is 15.0. The predicted molar refractivity (Wildman–Crippen MR) is 95.9 cm³/mol. The summed E-state index contributed by atoms with van der Waals surface area (Å²) in [6, 6.07) is 13.6. The van der Waals surface area contributed by atoms with Crippen LogP contribution in [0.4, 0.5) is 13.2 Å². The molecule has 1 heterocycles. The number of nitrogens with one attached hydrogen (secondary N) is 1. The van der Waals surface area contributed by atoms with Crippen LogP contribution in [0.25, 0.3) is 0 Å². The third-order valence-electron chi connectivity index (χ3n) is 4.54. The minimum absolute atomic E-state index is 0.0432. The second kappa shape index (κ2) is 7.88. The van der Waals surface area contributed by atoms with Gasteiger partial charge in [0.25, 0.3) is 0 Å². The first kappa shape index (κ1) is 19.7. The fourth-order valence-corrected chi connectivity index (χ4v) is 3.16. The van der Waals surface area contributed by atoms with E-state index in [-0.39, 0.29) is 24.5 Å². The largest absolute Gasteiger partial charge is 0.457 e. The van der Waals surface area contributed by atoms with Gasteiger partial charge in [-0.2, -0.15) is 13.2 Å². The molecule has 1 aliphatic heterocycles. The topological polar surface area (TPSA) is 55.4 Å². The highest BCUT2D eigenvalue weighted by Gasteiger charge is 2.34. The summed E-state index contributed by atoms with van der Waals surface area (Å²) >= 11 is 0. The maximum Gasteiger partial charge on any atom is 0.416 e. The van der Waals surface area contributed by atoms with Crippen LogP contribution in [-0.4, -0.2) is 11.9 Å². The van der Waals surface area contributed by atoms with E-state index in [1.165, 1.54) is 12.1 Å². The third kappa shape index (κ3) is 4.42. The zero-order valence-corrected chi connectivity index (χ0v) is 15.0. The number of halogens is 3. The Morgan fingerprint density at radius 3 is 2.36 bits per heavy atom. The smallest absolute Gasteiger partial charge is 0.416 e. The van der Waals surface area contributed by atoms with Crippen molar-refractivity contribution in [2.45, 2.75) is 32.0 Å². The molecule has 1 atom stereocenters. The standard InChI is InChI=1S/C21H18F3NO3/c1-13-19(20(27)28-12-14-5-3-2-4-6-14)17(11-18(26)25-13)15-7-9-16(10-8-15)21(22,23)24/h2-10,17H,11-12H2,1H3,(H,25,26). The van der Waals surface area contributed by atoms with E-state index in [0.29, 0.717) is 11.3 Å². The first-order valence-electron chi connectivity index (χ1n) is 8.64. The number of allylic oxidation sites excluding steroid dienone is 1. The van der Waals surface area contributed by atoms with Crippen molar-refractivity contribution in [3.8, 4) is 0 Å². The van der Waals surface area contributed by atoms with Gasteiger partial charge < -0.3 is 10.1 Å². The van der Waals surface area contributed by atoms with E-state index in [9.17, 15) is 22.8 Å². The summed E-state index contributed by atoms with van der Waals surface area (Å²) in [5, 5.41) is 2.60. The number of amides is 1. The molecule has 0 aromatic heterocycles. The second-order valence-electron chi connectivity index (χ2n) is 6.53. The molecule has 0 radical (unpaired) electrons. The summed E-state index contributed by atoms with van der Waals surface area (Å²) < 4.78 is 43.8.